The van der Waals surface area contributed by atoms with Crippen LogP contribution in [0.5, 0.6) is 0 Å². The van der Waals surface area contributed by atoms with Gasteiger partial charge in [-0.25, -0.2) is 0 Å². The molecule has 0 amide bonds. The largest absolute Gasteiger partial charge is 0.333 e. The fourth-order valence-corrected chi connectivity index (χ4v) is 4.21. The van der Waals surface area contributed by atoms with Crippen LogP contribution in [0.25, 0.3) is 0 Å². The number of hydrogen-bond acceptors (Lipinski definition) is 1. The molecule has 1 aliphatic rings. The van der Waals surface area contributed by atoms with Crippen molar-refractivity contribution in [2.75, 3.05) is 0 Å². The van der Waals surface area contributed by atoms with Gasteiger partial charge in [0.2, 0.25) is 0 Å². The van der Waals surface area contributed by atoms with Crippen LogP contribution in [0, 0.1) is 11.8 Å². The van der Waals surface area contributed by atoms with Crippen LogP contribution in [0.4, 0.5) is 0 Å². The predicted octanol–water partition coefficient (Wildman–Crippen LogP) is 4.97. The number of Topliss-reactive ketones (excluding diaryl/α,β-unsaturated/α-hetero) is 1. The van der Waals surface area contributed by atoms with Crippen molar-refractivity contribution in [1.29, 1.82) is 0 Å². The predicted molar refractivity (Wildman–Crippen MR) is 103 cm³/mol. The minimum absolute atomic E-state index is 0.0127. The Labute approximate surface area is 159 Å². The molecule has 2 N–H and O–H groups in total. The van der Waals surface area contributed by atoms with Gasteiger partial charge in [-0.3, -0.25) is 4.79 Å². The Morgan fingerprint density at radius 2 is 1.36 bits per heavy atom. The maximum Gasteiger partial charge on any atom is 0.151 e. The zero-order valence-corrected chi connectivity index (χ0v) is 16.1. The van der Waals surface area contributed by atoms with Crippen molar-refractivity contribution in [3.05, 3.63) is 69.7 Å². The summed E-state index contributed by atoms with van der Waals surface area (Å²) in [5.41, 5.74) is 2.32. The van der Waals surface area contributed by atoms with Crippen molar-refractivity contribution in [2.45, 2.75) is 38.8 Å². The van der Waals surface area contributed by atoms with Crippen molar-refractivity contribution in [3.63, 3.8) is 0 Å². The summed E-state index contributed by atoms with van der Waals surface area (Å²) in [5, 5.41) is 3.80. The van der Waals surface area contributed by atoms with E-state index in [0.29, 0.717) is 5.78 Å². The molecule has 3 rings (SSSR count). The molecule has 2 aromatic rings. The van der Waals surface area contributed by atoms with E-state index >= 15 is 0 Å². The molecule has 4 heteroatoms. The van der Waals surface area contributed by atoms with E-state index in [1.165, 1.54) is 5.56 Å². The van der Waals surface area contributed by atoms with Gasteiger partial charge in [0.1, 0.15) is 12.1 Å². The van der Waals surface area contributed by atoms with Gasteiger partial charge in [-0.1, -0.05) is 60.8 Å². The zero-order valence-electron chi connectivity index (χ0n) is 14.6. The third-order valence-corrected chi connectivity index (χ3v) is 5.81. The molecule has 4 atom stereocenters. The number of nitrogens with two attached hydrogens (primary N) is 1. The smallest absolute Gasteiger partial charge is 0.151 e. The van der Waals surface area contributed by atoms with E-state index in [1.807, 2.05) is 48.5 Å². The van der Waals surface area contributed by atoms with Crippen molar-refractivity contribution >= 4 is 29.0 Å². The first kappa shape index (κ1) is 18.4. The van der Waals surface area contributed by atoms with Crippen LogP contribution >= 0.6 is 23.2 Å². The number of ketones is 1. The van der Waals surface area contributed by atoms with Gasteiger partial charge >= 0.3 is 0 Å². The van der Waals surface area contributed by atoms with Gasteiger partial charge in [-0.05, 0) is 37.6 Å². The summed E-state index contributed by atoms with van der Waals surface area (Å²) in [6.07, 6.45) is 1.92. The first-order valence-corrected chi connectivity index (χ1v) is 9.66. The van der Waals surface area contributed by atoms with Crippen LogP contribution in [-0.4, -0.2) is 5.78 Å². The van der Waals surface area contributed by atoms with Crippen LogP contribution in [0.2, 0.25) is 10.0 Å². The van der Waals surface area contributed by atoms with Gasteiger partial charge in [0.25, 0.3) is 0 Å². The summed E-state index contributed by atoms with van der Waals surface area (Å²) in [6, 6.07) is 16.0. The molecule has 1 fully saturated rings. The molecule has 0 saturated carbocycles. The van der Waals surface area contributed by atoms with Gasteiger partial charge < -0.3 is 5.32 Å². The Morgan fingerprint density at radius 3 is 1.84 bits per heavy atom. The van der Waals surface area contributed by atoms with Crippen LogP contribution in [0.3, 0.4) is 0 Å². The fraction of sp³-hybridized carbons (Fsp3) is 0.381. The van der Waals surface area contributed by atoms with Crippen LogP contribution in [0.15, 0.2) is 48.5 Å². The number of benzene rings is 2. The summed E-state index contributed by atoms with van der Waals surface area (Å²) in [4.78, 5) is 13.1. The highest BCUT2D eigenvalue weighted by molar-refractivity contribution is 6.30. The highest BCUT2D eigenvalue weighted by Gasteiger charge is 2.45. The molecule has 0 aromatic heterocycles. The van der Waals surface area contributed by atoms with E-state index in [0.717, 1.165) is 28.5 Å². The van der Waals surface area contributed by atoms with E-state index in [1.54, 1.807) is 0 Å². The number of halogens is 2. The molecule has 2 nitrogen and oxygen atoms in total. The van der Waals surface area contributed by atoms with E-state index < -0.39 is 0 Å². The van der Waals surface area contributed by atoms with Gasteiger partial charge in [0, 0.05) is 21.2 Å². The number of piperidine rings is 1. The van der Waals surface area contributed by atoms with Crippen molar-refractivity contribution in [3.8, 4) is 0 Å². The maximum absolute atomic E-state index is 13.1. The molecular weight excluding hydrogens is 353 g/mol. The lowest BCUT2D eigenvalue weighted by Gasteiger charge is -2.37. The van der Waals surface area contributed by atoms with Crippen LogP contribution < -0.4 is 5.32 Å². The van der Waals surface area contributed by atoms with Gasteiger partial charge in [-0.15, -0.1) is 0 Å². The molecule has 1 aliphatic heterocycles. The Balaban J connectivity index is 1.96. The zero-order chi connectivity index (χ0) is 18.0. The molecular formula is C21H24Cl2NO+. The number of hydrogen-bond donors (Lipinski definition) is 1. The van der Waals surface area contributed by atoms with Crippen molar-refractivity contribution in [1.82, 2.24) is 0 Å². The molecule has 0 bridgehead atoms. The number of rotatable bonds is 4. The molecule has 132 valence electrons. The second kappa shape index (κ2) is 7.90. The van der Waals surface area contributed by atoms with Crippen LogP contribution in [-0.2, 0) is 4.79 Å². The first-order chi connectivity index (χ1) is 12.0. The molecule has 0 spiro atoms. The Bertz CT molecular complexity index is 727. The summed E-state index contributed by atoms with van der Waals surface area (Å²) in [5.74, 6) is 0.398. The molecule has 1 saturated heterocycles. The van der Waals surface area contributed by atoms with E-state index in [2.05, 4.69) is 19.2 Å². The third kappa shape index (κ3) is 3.92. The number of carbonyl (C=O) groups excluding carboxylic acids is 1. The molecule has 2 aromatic carbocycles. The average Bonchev–Trinajstić information content (AvgIpc) is 2.61. The number of carbonyl (C=O) groups is 1. The minimum atomic E-state index is -0.0127. The SMILES string of the molecule is CCC[C@@H]1C(=O)[C@@H](C)[C@@H](c2ccc(Cl)cc2)[NH2+][C@@H]1c1ccc(Cl)cc1. The second-order valence-corrected chi connectivity index (χ2v) is 7.81. The van der Waals surface area contributed by atoms with Gasteiger partial charge in [0.05, 0.1) is 11.8 Å². The maximum atomic E-state index is 13.1. The lowest BCUT2D eigenvalue weighted by molar-refractivity contribution is -0.748. The van der Waals surface area contributed by atoms with E-state index in [4.69, 9.17) is 23.2 Å². The average molecular weight is 377 g/mol. The topological polar surface area (TPSA) is 33.7 Å². The molecule has 0 radical (unpaired) electrons. The summed E-state index contributed by atoms with van der Waals surface area (Å²) < 4.78 is 0. The highest BCUT2D eigenvalue weighted by Crippen LogP contribution is 2.35. The van der Waals surface area contributed by atoms with E-state index in [-0.39, 0.29) is 23.9 Å². The molecule has 1 heterocycles. The quantitative estimate of drug-likeness (QED) is 0.802. The molecule has 25 heavy (non-hydrogen) atoms. The Morgan fingerprint density at radius 1 is 0.880 bits per heavy atom. The summed E-state index contributed by atoms with van der Waals surface area (Å²) in [7, 11) is 0. The second-order valence-electron chi connectivity index (χ2n) is 6.93. The molecule has 0 unspecified atom stereocenters. The Hall–Kier alpha value is -1.35. The first-order valence-electron chi connectivity index (χ1n) is 8.91. The van der Waals surface area contributed by atoms with Gasteiger partial charge in [0.15, 0.2) is 5.78 Å². The fourth-order valence-electron chi connectivity index (χ4n) is 3.96. The van der Waals surface area contributed by atoms with Crippen molar-refractivity contribution < 1.29 is 10.1 Å². The van der Waals surface area contributed by atoms with Crippen molar-refractivity contribution in [2.24, 2.45) is 11.8 Å². The minimum Gasteiger partial charge on any atom is -0.333 e. The third-order valence-electron chi connectivity index (χ3n) is 5.31. The molecule has 0 aliphatic carbocycles. The lowest BCUT2D eigenvalue weighted by atomic mass is 9.74. The summed E-state index contributed by atoms with van der Waals surface area (Å²) >= 11 is 12.1. The van der Waals surface area contributed by atoms with E-state index in [9.17, 15) is 4.79 Å². The highest BCUT2D eigenvalue weighted by atomic mass is 35.5. The lowest BCUT2D eigenvalue weighted by Crippen LogP contribution is -2.91. The van der Waals surface area contributed by atoms with Gasteiger partial charge in [-0.2, -0.15) is 0 Å². The summed E-state index contributed by atoms with van der Waals surface area (Å²) in [6.45, 7) is 4.20. The Kier molecular flexibility index (Phi) is 5.83. The standard InChI is InChI=1S/C21H23Cl2NO/c1-3-4-18-20(15-7-11-17(23)12-8-15)24-19(13(2)21(18)25)14-5-9-16(22)10-6-14/h5-13,18-20,24H,3-4H2,1-2H3/p+1/t13-,18-,19-,20+/m0/s1. The normalized spacial score (nSPS) is 26.6. The monoisotopic (exact) mass is 376 g/mol. The number of quaternary nitrogens is 1. The van der Waals surface area contributed by atoms with Crippen LogP contribution in [0.1, 0.15) is 49.9 Å².